The molecule has 2 aromatic rings. The van der Waals surface area contributed by atoms with E-state index in [0.29, 0.717) is 5.92 Å². The number of benzene rings is 1. The molecule has 0 bridgehead atoms. The zero-order valence-corrected chi connectivity index (χ0v) is 12.3. The summed E-state index contributed by atoms with van der Waals surface area (Å²) in [6.07, 6.45) is 0. The number of aryl methyl sites for hydroxylation is 2. The first-order valence-electron chi connectivity index (χ1n) is 6.93. The van der Waals surface area contributed by atoms with Crippen molar-refractivity contribution in [3.05, 3.63) is 35.5 Å². The summed E-state index contributed by atoms with van der Waals surface area (Å²) in [5.74, 6) is 0.431. The zero-order valence-electron chi connectivity index (χ0n) is 12.3. The maximum Gasteiger partial charge on any atom is 0.0587 e. The second kappa shape index (κ2) is 5.76. The minimum absolute atomic E-state index is 0.150. The molecule has 0 radical (unpaired) electrons. The Morgan fingerprint density at radius 1 is 1.26 bits per heavy atom. The predicted molar refractivity (Wildman–Crippen MR) is 80.2 cm³/mol. The monoisotopic (exact) mass is 260 g/mol. The lowest BCUT2D eigenvalue weighted by atomic mass is 10.1. The van der Waals surface area contributed by atoms with Crippen molar-refractivity contribution < 1.29 is 5.11 Å². The van der Waals surface area contributed by atoms with Gasteiger partial charge in [-0.15, -0.1) is 0 Å². The number of para-hydroxylation sites is 1. The topological polar surface area (TPSA) is 37.2 Å². The second-order valence-electron chi connectivity index (χ2n) is 5.56. The highest BCUT2D eigenvalue weighted by Gasteiger charge is 2.15. The molecule has 0 amide bonds. The summed E-state index contributed by atoms with van der Waals surface area (Å²) in [6.45, 7) is 7.40. The molecule has 0 saturated carbocycles. The van der Waals surface area contributed by atoms with Crippen molar-refractivity contribution in [2.45, 2.75) is 33.4 Å². The third-order valence-electron chi connectivity index (χ3n) is 4.04. The molecule has 19 heavy (non-hydrogen) atoms. The van der Waals surface area contributed by atoms with Crippen molar-refractivity contribution >= 4 is 10.9 Å². The van der Waals surface area contributed by atoms with E-state index in [1.54, 1.807) is 0 Å². The number of hydrogen-bond donors (Lipinski definition) is 2. The van der Waals surface area contributed by atoms with Crippen LogP contribution in [0.1, 0.15) is 25.1 Å². The Kier molecular flexibility index (Phi) is 4.27. The third kappa shape index (κ3) is 2.67. The molecular weight excluding hydrogens is 236 g/mol. The van der Waals surface area contributed by atoms with Crippen LogP contribution in [-0.4, -0.2) is 22.3 Å². The maximum atomic E-state index is 9.38. The van der Waals surface area contributed by atoms with Gasteiger partial charge in [-0.05, 0) is 24.5 Å². The van der Waals surface area contributed by atoms with Crippen LogP contribution in [-0.2, 0) is 13.6 Å². The maximum absolute atomic E-state index is 9.38. The number of hydrogen-bond acceptors (Lipinski definition) is 2. The van der Waals surface area contributed by atoms with Gasteiger partial charge in [-0.2, -0.15) is 0 Å². The highest BCUT2D eigenvalue weighted by Crippen LogP contribution is 2.24. The summed E-state index contributed by atoms with van der Waals surface area (Å²) >= 11 is 0. The molecule has 0 aliphatic carbocycles. The van der Waals surface area contributed by atoms with E-state index < -0.39 is 0 Å². The summed E-state index contributed by atoms with van der Waals surface area (Å²) in [5.41, 5.74) is 3.88. The first kappa shape index (κ1) is 14.1. The van der Waals surface area contributed by atoms with E-state index in [9.17, 15) is 5.11 Å². The number of aliphatic hydroxyl groups excluding tert-OH is 1. The molecule has 2 N–H and O–H groups in total. The molecule has 0 aliphatic heterocycles. The van der Waals surface area contributed by atoms with Crippen LogP contribution in [0.15, 0.2) is 24.3 Å². The normalized spacial score (nSPS) is 13.4. The van der Waals surface area contributed by atoms with Gasteiger partial charge < -0.3 is 15.0 Å². The summed E-state index contributed by atoms with van der Waals surface area (Å²) < 4.78 is 2.24. The molecule has 1 aromatic heterocycles. The van der Waals surface area contributed by atoms with Crippen molar-refractivity contribution in [1.82, 2.24) is 9.88 Å². The lowest BCUT2D eigenvalue weighted by molar-refractivity contribution is 0.209. The Morgan fingerprint density at radius 3 is 2.53 bits per heavy atom. The minimum atomic E-state index is 0.150. The molecule has 0 saturated heterocycles. The summed E-state index contributed by atoms with van der Waals surface area (Å²) in [4.78, 5) is 0. The molecule has 3 heteroatoms. The average molecular weight is 260 g/mol. The van der Waals surface area contributed by atoms with Crippen molar-refractivity contribution in [3.63, 3.8) is 0 Å². The van der Waals surface area contributed by atoms with Crippen LogP contribution in [0.4, 0.5) is 0 Å². The molecule has 0 aliphatic rings. The smallest absolute Gasteiger partial charge is 0.0587 e. The van der Waals surface area contributed by atoms with Gasteiger partial charge in [-0.3, -0.25) is 0 Å². The van der Waals surface area contributed by atoms with Crippen molar-refractivity contribution in [1.29, 1.82) is 0 Å². The molecule has 3 nitrogen and oxygen atoms in total. The molecule has 1 aromatic carbocycles. The number of fused-ring (bicyclic) bond motifs is 1. The molecule has 0 spiro atoms. The van der Waals surface area contributed by atoms with Gasteiger partial charge in [-0.1, -0.05) is 32.0 Å². The molecule has 104 valence electrons. The van der Waals surface area contributed by atoms with Gasteiger partial charge in [0.1, 0.15) is 0 Å². The average Bonchev–Trinajstić information content (AvgIpc) is 2.64. The SMILES string of the molecule is Cc1c(CNC(CO)C(C)C)n(C)c2ccccc12. The Balaban J connectivity index is 2.26. The van der Waals surface area contributed by atoms with E-state index in [1.807, 2.05) is 0 Å². The summed E-state index contributed by atoms with van der Waals surface area (Å²) in [7, 11) is 2.11. The number of rotatable bonds is 5. The van der Waals surface area contributed by atoms with Crippen LogP contribution < -0.4 is 5.32 Å². The zero-order chi connectivity index (χ0) is 14.0. The van der Waals surface area contributed by atoms with E-state index in [2.05, 4.69) is 62.0 Å². The van der Waals surface area contributed by atoms with E-state index in [-0.39, 0.29) is 12.6 Å². The van der Waals surface area contributed by atoms with Gasteiger partial charge in [0.25, 0.3) is 0 Å². The highest BCUT2D eigenvalue weighted by molar-refractivity contribution is 5.85. The standard InChI is InChI=1S/C16H24N2O/c1-11(2)14(10-19)17-9-16-12(3)13-7-5-6-8-15(13)18(16)4/h5-8,11,14,17,19H,9-10H2,1-4H3. The largest absolute Gasteiger partial charge is 0.395 e. The molecule has 2 rings (SSSR count). The van der Waals surface area contributed by atoms with Crippen LogP contribution in [0.3, 0.4) is 0 Å². The van der Waals surface area contributed by atoms with E-state index in [0.717, 1.165) is 6.54 Å². The number of nitrogens with zero attached hydrogens (tertiary/aromatic N) is 1. The van der Waals surface area contributed by atoms with Gasteiger partial charge in [0.15, 0.2) is 0 Å². The van der Waals surface area contributed by atoms with Gasteiger partial charge in [0.2, 0.25) is 0 Å². The molecule has 1 heterocycles. The summed E-state index contributed by atoms with van der Waals surface area (Å²) in [5, 5.41) is 14.2. The molecule has 0 fully saturated rings. The number of aliphatic hydroxyl groups is 1. The fourth-order valence-corrected chi connectivity index (χ4v) is 2.63. The lowest BCUT2D eigenvalue weighted by Crippen LogP contribution is -2.37. The lowest BCUT2D eigenvalue weighted by Gasteiger charge is -2.20. The summed E-state index contributed by atoms with van der Waals surface area (Å²) in [6, 6.07) is 8.62. The van der Waals surface area contributed by atoms with Gasteiger partial charge >= 0.3 is 0 Å². The first-order chi connectivity index (χ1) is 9.06. The Morgan fingerprint density at radius 2 is 1.95 bits per heavy atom. The fourth-order valence-electron chi connectivity index (χ4n) is 2.63. The molecule has 1 atom stereocenters. The van der Waals surface area contributed by atoms with Crippen LogP contribution in [0, 0.1) is 12.8 Å². The van der Waals surface area contributed by atoms with E-state index in [1.165, 1.54) is 22.2 Å². The van der Waals surface area contributed by atoms with Crippen LogP contribution in [0.25, 0.3) is 10.9 Å². The van der Waals surface area contributed by atoms with E-state index in [4.69, 9.17) is 0 Å². The van der Waals surface area contributed by atoms with Gasteiger partial charge in [-0.25, -0.2) is 0 Å². The Labute approximate surface area is 115 Å². The van der Waals surface area contributed by atoms with Gasteiger partial charge in [0.05, 0.1) is 6.61 Å². The Hall–Kier alpha value is -1.32. The quantitative estimate of drug-likeness (QED) is 0.867. The molecular formula is C16H24N2O. The number of nitrogens with one attached hydrogen (secondary N) is 1. The highest BCUT2D eigenvalue weighted by atomic mass is 16.3. The molecule has 1 unspecified atom stereocenters. The van der Waals surface area contributed by atoms with Crippen LogP contribution in [0.2, 0.25) is 0 Å². The Bertz CT molecular complexity index is 518. The van der Waals surface area contributed by atoms with E-state index >= 15 is 0 Å². The van der Waals surface area contributed by atoms with Crippen LogP contribution in [0.5, 0.6) is 0 Å². The predicted octanol–water partition coefficient (Wildman–Crippen LogP) is 2.59. The fraction of sp³-hybridized carbons (Fsp3) is 0.500. The minimum Gasteiger partial charge on any atom is -0.395 e. The third-order valence-corrected chi connectivity index (χ3v) is 4.04. The van der Waals surface area contributed by atoms with Crippen molar-refractivity contribution in [3.8, 4) is 0 Å². The number of aromatic nitrogens is 1. The van der Waals surface area contributed by atoms with Crippen LogP contribution >= 0.6 is 0 Å². The van der Waals surface area contributed by atoms with Crippen molar-refractivity contribution in [2.24, 2.45) is 13.0 Å². The first-order valence-corrected chi connectivity index (χ1v) is 6.93. The van der Waals surface area contributed by atoms with Gasteiger partial charge in [0, 0.05) is 36.2 Å². The second-order valence-corrected chi connectivity index (χ2v) is 5.56. The van der Waals surface area contributed by atoms with Crippen molar-refractivity contribution in [2.75, 3.05) is 6.61 Å².